The fourth-order valence-electron chi connectivity index (χ4n) is 3.88. The first-order chi connectivity index (χ1) is 13.2. The highest BCUT2D eigenvalue weighted by Crippen LogP contribution is 2.34. The van der Waals surface area contributed by atoms with Crippen LogP contribution in [0.1, 0.15) is 39.0 Å². The molecular formula is C26H28N+. The Balaban J connectivity index is 2.11. The van der Waals surface area contributed by atoms with E-state index in [1.807, 2.05) is 6.92 Å². The van der Waals surface area contributed by atoms with Crippen molar-refractivity contribution in [1.82, 2.24) is 0 Å². The average molecular weight is 356 g/mol. The molecule has 0 aliphatic rings. The van der Waals surface area contributed by atoms with Gasteiger partial charge >= 0.3 is 0 Å². The van der Waals surface area contributed by atoms with Crippen molar-refractivity contribution < 1.29 is 5.94 Å². The zero-order valence-corrected chi connectivity index (χ0v) is 17.1. The van der Waals surface area contributed by atoms with Crippen molar-refractivity contribution in [3.8, 4) is 11.3 Å². The van der Waals surface area contributed by atoms with Gasteiger partial charge in [0.25, 0.3) is 0 Å². The minimum atomic E-state index is 0.0611. The van der Waals surface area contributed by atoms with E-state index in [1.165, 1.54) is 33.2 Å². The van der Waals surface area contributed by atoms with Crippen LogP contribution >= 0.6 is 0 Å². The van der Waals surface area contributed by atoms with Crippen LogP contribution in [-0.2, 0) is 12.5 Å². The Bertz CT molecular complexity index is 1230. The van der Waals surface area contributed by atoms with Gasteiger partial charge in [0.15, 0.2) is 5.69 Å². The fourth-order valence-corrected chi connectivity index (χ4v) is 3.88. The molecule has 0 unspecified atom stereocenters. The first-order valence-electron chi connectivity index (χ1n) is 10.1. The van der Waals surface area contributed by atoms with Crippen molar-refractivity contribution >= 4 is 21.5 Å². The van der Waals surface area contributed by atoms with E-state index < -0.39 is 0 Å². The molecule has 0 atom stereocenters. The molecule has 3 aromatic carbocycles. The highest BCUT2D eigenvalue weighted by atomic mass is 14.9. The third kappa shape index (κ3) is 3.02. The van der Waals surface area contributed by atoms with Crippen LogP contribution in [0.5, 0.6) is 0 Å². The SMILES string of the molecule is [2H]c1c(C)[n+](C)c(-c2cc3ccccc3cc2C)c2ccc(C(C)(C)C)cc12. The van der Waals surface area contributed by atoms with Crippen LogP contribution in [0.3, 0.4) is 0 Å². The molecule has 0 aliphatic heterocycles. The molecule has 4 aromatic rings. The van der Waals surface area contributed by atoms with Gasteiger partial charge in [-0.3, -0.25) is 0 Å². The summed E-state index contributed by atoms with van der Waals surface area (Å²) in [4.78, 5) is 0. The van der Waals surface area contributed by atoms with Gasteiger partial charge in [0.05, 0.1) is 12.3 Å². The van der Waals surface area contributed by atoms with Crippen LogP contribution in [-0.4, -0.2) is 0 Å². The summed E-state index contributed by atoms with van der Waals surface area (Å²) in [6.45, 7) is 10.9. The number of hydrogen-bond donors (Lipinski definition) is 0. The summed E-state index contributed by atoms with van der Waals surface area (Å²) in [6, 6.07) is 20.3. The van der Waals surface area contributed by atoms with Crippen LogP contribution < -0.4 is 4.57 Å². The molecule has 27 heavy (non-hydrogen) atoms. The molecule has 0 radical (unpaired) electrons. The van der Waals surface area contributed by atoms with Gasteiger partial charge in [0.1, 0.15) is 7.05 Å². The van der Waals surface area contributed by atoms with E-state index in [4.69, 9.17) is 1.37 Å². The van der Waals surface area contributed by atoms with E-state index in [9.17, 15) is 0 Å². The molecule has 1 aromatic heterocycles. The standard InChI is InChI=1S/C26H28N/c1-17-13-19-9-7-8-10-20(19)16-24(17)25-23-12-11-22(26(3,4)5)15-21(23)14-18(2)27(25)6/h7-16H,1-6H3/q+1/i14D. The van der Waals surface area contributed by atoms with Gasteiger partial charge in [-0.05, 0) is 51.8 Å². The van der Waals surface area contributed by atoms with E-state index in [1.54, 1.807) is 0 Å². The lowest BCUT2D eigenvalue weighted by Gasteiger charge is -2.20. The lowest BCUT2D eigenvalue weighted by molar-refractivity contribution is -0.665. The first kappa shape index (κ1) is 16.5. The van der Waals surface area contributed by atoms with Gasteiger partial charge < -0.3 is 0 Å². The summed E-state index contributed by atoms with van der Waals surface area (Å²) in [7, 11) is 2.08. The second-order valence-electron chi connectivity index (χ2n) is 8.64. The van der Waals surface area contributed by atoms with Gasteiger partial charge in [-0.15, -0.1) is 0 Å². The maximum Gasteiger partial charge on any atom is 0.220 e. The van der Waals surface area contributed by atoms with Crippen molar-refractivity contribution in [1.29, 1.82) is 0 Å². The molecule has 4 rings (SSSR count). The number of aryl methyl sites for hydroxylation is 1. The summed E-state index contributed by atoms with van der Waals surface area (Å²) in [5.41, 5.74) is 5.99. The number of hydrogen-bond acceptors (Lipinski definition) is 0. The molecule has 0 spiro atoms. The van der Waals surface area contributed by atoms with Crippen LogP contribution in [0, 0.1) is 13.8 Å². The number of fused-ring (bicyclic) bond motifs is 2. The monoisotopic (exact) mass is 355 g/mol. The Labute approximate surface area is 163 Å². The van der Waals surface area contributed by atoms with Gasteiger partial charge in [0.2, 0.25) is 5.69 Å². The second-order valence-corrected chi connectivity index (χ2v) is 8.64. The normalized spacial score (nSPS) is 12.6. The van der Waals surface area contributed by atoms with Gasteiger partial charge in [0, 0.05) is 13.0 Å². The van der Waals surface area contributed by atoms with E-state index in [0.29, 0.717) is 6.04 Å². The molecular weight excluding hydrogens is 326 g/mol. The van der Waals surface area contributed by atoms with Crippen LogP contribution in [0.4, 0.5) is 0 Å². The van der Waals surface area contributed by atoms with Gasteiger partial charge in [-0.25, -0.2) is 0 Å². The van der Waals surface area contributed by atoms with Crippen LogP contribution in [0.15, 0.2) is 60.6 Å². The van der Waals surface area contributed by atoms with E-state index in [2.05, 4.69) is 93.9 Å². The average Bonchev–Trinajstić information content (AvgIpc) is 2.65. The molecule has 0 N–H and O–H groups in total. The summed E-state index contributed by atoms with van der Waals surface area (Å²) < 4.78 is 10.9. The van der Waals surface area contributed by atoms with Crippen molar-refractivity contribution in [3.05, 3.63) is 77.5 Å². The van der Waals surface area contributed by atoms with Crippen molar-refractivity contribution in [2.75, 3.05) is 0 Å². The minimum Gasteiger partial charge on any atom is -0.198 e. The number of pyridine rings is 1. The van der Waals surface area contributed by atoms with Crippen molar-refractivity contribution in [2.45, 2.75) is 40.0 Å². The Hall–Kier alpha value is -2.67. The molecule has 0 amide bonds. The lowest BCUT2D eigenvalue weighted by atomic mass is 9.85. The second kappa shape index (κ2) is 6.20. The Kier molecular flexibility index (Phi) is 3.79. The molecule has 0 aliphatic carbocycles. The Morgan fingerprint density at radius 3 is 2.19 bits per heavy atom. The molecule has 0 bridgehead atoms. The first-order valence-corrected chi connectivity index (χ1v) is 9.61. The van der Waals surface area contributed by atoms with Crippen molar-refractivity contribution in [2.24, 2.45) is 7.05 Å². The lowest BCUT2D eigenvalue weighted by Crippen LogP contribution is -2.35. The topological polar surface area (TPSA) is 3.88 Å². The summed E-state index contributed by atoms with van der Waals surface area (Å²) >= 11 is 0. The molecule has 1 nitrogen and oxygen atoms in total. The summed E-state index contributed by atoms with van der Waals surface area (Å²) in [5.74, 6) is 0. The predicted octanol–water partition coefficient (Wildman–Crippen LogP) is 6.40. The number of aromatic nitrogens is 1. The smallest absolute Gasteiger partial charge is 0.198 e. The van der Waals surface area contributed by atoms with Crippen molar-refractivity contribution in [3.63, 3.8) is 0 Å². The van der Waals surface area contributed by atoms with Gasteiger partial charge in [-0.1, -0.05) is 63.2 Å². The highest BCUT2D eigenvalue weighted by molar-refractivity contribution is 5.97. The number of nitrogens with zero attached hydrogens (tertiary/aromatic N) is 1. The quantitative estimate of drug-likeness (QED) is 0.348. The molecule has 0 saturated heterocycles. The maximum absolute atomic E-state index is 8.75. The number of rotatable bonds is 1. The summed E-state index contributed by atoms with van der Waals surface area (Å²) in [5, 5.41) is 4.68. The van der Waals surface area contributed by atoms with E-state index >= 15 is 0 Å². The van der Waals surface area contributed by atoms with E-state index in [-0.39, 0.29) is 5.41 Å². The molecule has 0 fully saturated rings. The van der Waals surface area contributed by atoms with Crippen LogP contribution in [0.25, 0.3) is 32.8 Å². The summed E-state index contributed by atoms with van der Waals surface area (Å²) in [6.07, 6.45) is 0. The molecule has 0 saturated carbocycles. The minimum absolute atomic E-state index is 0.0611. The zero-order chi connectivity index (χ0) is 20.2. The number of benzene rings is 3. The molecule has 1 heteroatoms. The highest BCUT2D eigenvalue weighted by Gasteiger charge is 2.22. The Morgan fingerprint density at radius 1 is 0.852 bits per heavy atom. The third-order valence-corrected chi connectivity index (χ3v) is 5.64. The molecule has 1 heterocycles. The van der Waals surface area contributed by atoms with Crippen LogP contribution in [0.2, 0.25) is 0 Å². The largest absolute Gasteiger partial charge is 0.220 e. The fraction of sp³-hybridized carbons (Fsp3) is 0.269. The van der Waals surface area contributed by atoms with E-state index in [0.717, 1.165) is 16.5 Å². The maximum atomic E-state index is 8.75. The third-order valence-electron chi connectivity index (χ3n) is 5.64. The predicted molar refractivity (Wildman–Crippen MR) is 116 cm³/mol. The van der Waals surface area contributed by atoms with Gasteiger partial charge in [-0.2, -0.15) is 4.57 Å². The molecule has 136 valence electrons. The zero-order valence-electron chi connectivity index (χ0n) is 18.1. The Morgan fingerprint density at radius 2 is 1.52 bits per heavy atom.